The summed E-state index contributed by atoms with van der Waals surface area (Å²) in [5.74, 6) is -3.36. The summed E-state index contributed by atoms with van der Waals surface area (Å²) >= 11 is 0. The SMILES string of the molecule is NC(N)=NCCC[C@H]1NC(=O)[C@H](Cc2c[nH]c3ccccc23)NC(=O)[C@@H](CC2CCCCC2)NC(=O)[C@@H]2CCCN2C(=O)[C@H](Cc2c[nH]c3ccccc23)NC(=O)[C@H](Cc2ccccc2)NC1=O. The maximum atomic E-state index is 15.0. The predicted octanol–water partition coefficient (Wildman–Crippen LogP) is 3.13. The lowest BCUT2D eigenvalue weighted by Crippen LogP contribution is -2.62. The first-order valence-corrected chi connectivity index (χ1v) is 24.0. The van der Waals surface area contributed by atoms with Gasteiger partial charge in [0.1, 0.15) is 36.3 Å². The van der Waals surface area contributed by atoms with E-state index in [2.05, 4.69) is 41.5 Å². The Morgan fingerprint density at radius 2 is 1.09 bits per heavy atom. The number of nitrogens with zero attached hydrogens (tertiary/aromatic N) is 2. The summed E-state index contributed by atoms with van der Waals surface area (Å²) in [5.41, 5.74) is 15.2. The van der Waals surface area contributed by atoms with E-state index in [1.54, 1.807) is 6.20 Å². The Hall–Kier alpha value is -7.17. The minimum atomic E-state index is -1.21. The number of para-hydroxylation sites is 2. The van der Waals surface area contributed by atoms with Gasteiger partial charge in [-0.15, -0.1) is 0 Å². The number of H-pyrrole nitrogens is 2. The van der Waals surface area contributed by atoms with E-state index in [-0.39, 0.29) is 57.1 Å². The van der Waals surface area contributed by atoms with Crippen LogP contribution in [0.1, 0.15) is 80.9 Å². The molecule has 2 aliphatic heterocycles. The fourth-order valence-corrected chi connectivity index (χ4v) is 10.1. The second-order valence-electron chi connectivity index (χ2n) is 18.5. The third-order valence-electron chi connectivity index (χ3n) is 13.7. The molecule has 1 aliphatic carbocycles. The van der Waals surface area contributed by atoms with Gasteiger partial charge in [0, 0.05) is 66.6 Å². The number of rotatable bonds is 12. The molecule has 17 heteroatoms. The van der Waals surface area contributed by atoms with Crippen molar-refractivity contribution in [3.8, 4) is 0 Å². The highest BCUT2D eigenvalue weighted by molar-refractivity contribution is 5.99. The highest BCUT2D eigenvalue weighted by Crippen LogP contribution is 2.29. The van der Waals surface area contributed by atoms with Crippen LogP contribution in [0.2, 0.25) is 0 Å². The molecule has 3 aliphatic rings. The summed E-state index contributed by atoms with van der Waals surface area (Å²) in [7, 11) is 0. The smallest absolute Gasteiger partial charge is 0.246 e. The lowest BCUT2D eigenvalue weighted by Gasteiger charge is -2.33. The van der Waals surface area contributed by atoms with Crippen LogP contribution in [0.25, 0.3) is 21.8 Å². The maximum Gasteiger partial charge on any atom is 0.246 e. The second kappa shape index (κ2) is 22.1. The molecule has 0 radical (unpaired) electrons. The van der Waals surface area contributed by atoms with Gasteiger partial charge in [-0.05, 0) is 66.8 Å². The number of amides is 6. The number of carbonyl (C=O) groups excluding carboxylic acids is 6. The van der Waals surface area contributed by atoms with Crippen LogP contribution in [0.15, 0.2) is 96.2 Å². The van der Waals surface area contributed by atoms with Gasteiger partial charge in [-0.25, -0.2) is 0 Å². The van der Waals surface area contributed by atoms with E-state index in [1.165, 1.54) is 4.90 Å². The Balaban J connectivity index is 1.18. The van der Waals surface area contributed by atoms with Gasteiger partial charge in [0.15, 0.2) is 5.96 Å². The third kappa shape index (κ3) is 11.7. The Morgan fingerprint density at radius 3 is 1.74 bits per heavy atom. The topological polar surface area (TPSA) is 262 Å². The van der Waals surface area contributed by atoms with Gasteiger partial charge in [-0.1, -0.05) is 98.8 Å². The average molecular weight is 926 g/mol. The lowest BCUT2D eigenvalue weighted by atomic mass is 9.84. The van der Waals surface area contributed by atoms with Crippen molar-refractivity contribution < 1.29 is 28.8 Å². The minimum absolute atomic E-state index is 0.0514. The first kappa shape index (κ1) is 47.3. The number of aliphatic imine (C=N–C) groups is 1. The zero-order valence-corrected chi connectivity index (χ0v) is 38.3. The van der Waals surface area contributed by atoms with Crippen LogP contribution in [0.5, 0.6) is 0 Å². The standard InChI is InChI=1S/C51H63N11O6/c52-51(53)54-23-11-21-39-45(63)58-40(25-31-13-3-1-4-14-31)47(65)61-43(28-34-30-56-38-20-10-8-18-36(34)38)50(68)62-24-12-22-44(62)49(67)60-41(26-32-15-5-2-6-16-32)46(64)59-42(48(66)57-39)27-33-29-55-37-19-9-7-17-35(33)37/h1,3-4,7-10,13-14,17-20,29-30,32,39-44,55-56H,2,5-6,11-12,15-16,21-28H2,(H,57,66)(H,58,63)(H,59,64)(H,60,67)(H,61,65)(H4,52,53,54)/t39-,40+,41-,42+,43+,44+/m1/s1. The van der Waals surface area contributed by atoms with E-state index in [1.807, 2.05) is 85.1 Å². The van der Waals surface area contributed by atoms with Gasteiger partial charge >= 0.3 is 0 Å². The molecule has 358 valence electrons. The van der Waals surface area contributed by atoms with Crippen LogP contribution >= 0.6 is 0 Å². The molecule has 17 nitrogen and oxygen atoms in total. The van der Waals surface area contributed by atoms with Gasteiger partial charge in [-0.2, -0.15) is 0 Å². The number of hydrogen-bond donors (Lipinski definition) is 9. The number of nitrogens with one attached hydrogen (secondary N) is 7. The molecule has 0 spiro atoms. The summed E-state index contributed by atoms with van der Waals surface area (Å²) < 4.78 is 0. The molecule has 3 aromatic carbocycles. The Bertz CT molecular complexity index is 2620. The molecule has 0 unspecified atom stereocenters. The van der Waals surface area contributed by atoms with Gasteiger partial charge in [-0.3, -0.25) is 33.8 Å². The first-order valence-electron chi connectivity index (χ1n) is 24.0. The molecule has 3 fully saturated rings. The Labute approximate surface area is 395 Å². The molecule has 4 heterocycles. The second-order valence-corrected chi connectivity index (χ2v) is 18.5. The molecule has 5 aromatic rings. The lowest BCUT2D eigenvalue weighted by molar-refractivity contribution is -0.143. The normalized spacial score (nSPS) is 23.7. The van der Waals surface area contributed by atoms with Gasteiger partial charge in [0.05, 0.1) is 0 Å². The van der Waals surface area contributed by atoms with Crippen LogP contribution in [-0.4, -0.2) is 106 Å². The average Bonchev–Trinajstić information content (AvgIpc) is 4.11. The summed E-state index contributed by atoms with van der Waals surface area (Å²) in [4.78, 5) is 101. The highest BCUT2D eigenvalue weighted by atomic mass is 16.2. The molecule has 2 saturated heterocycles. The molecule has 8 rings (SSSR count). The molecule has 2 aromatic heterocycles. The third-order valence-corrected chi connectivity index (χ3v) is 13.7. The van der Waals surface area contributed by atoms with Gasteiger partial charge in [0.2, 0.25) is 35.4 Å². The zero-order valence-electron chi connectivity index (χ0n) is 38.3. The van der Waals surface area contributed by atoms with Gasteiger partial charge in [0.25, 0.3) is 0 Å². The van der Waals surface area contributed by atoms with Crippen molar-refractivity contribution in [1.29, 1.82) is 0 Å². The quantitative estimate of drug-likeness (QED) is 0.0509. The van der Waals surface area contributed by atoms with E-state index in [4.69, 9.17) is 11.5 Å². The maximum absolute atomic E-state index is 15.0. The molecule has 1 saturated carbocycles. The van der Waals surface area contributed by atoms with Crippen molar-refractivity contribution >= 4 is 63.2 Å². The van der Waals surface area contributed by atoms with Crippen LogP contribution < -0.4 is 38.1 Å². The predicted molar refractivity (Wildman–Crippen MR) is 260 cm³/mol. The summed E-state index contributed by atoms with van der Waals surface area (Å²) in [6, 6.07) is 17.7. The fourth-order valence-electron chi connectivity index (χ4n) is 10.1. The van der Waals surface area contributed by atoms with Crippen molar-refractivity contribution in [2.45, 2.75) is 120 Å². The van der Waals surface area contributed by atoms with Crippen molar-refractivity contribution in [3.05, 3.63) is 108 Å². The Morgan fingerprint density at radius 1 is 0.559 bits per heavy atom. The van der Waals surface area contributed by atoms with E-state index >= 15 is 4.79 Å². The summed E-state index contributed by atoms with van der Waals surface area (Å²) in [6.45, 7) is 0.415. The molecule has 68 heavy (non-hydrogen) atoms. The number of benzene rings is 3. The number of carbonyl (C=O) groups is 6. The van der Waals surface area contributed by atoms with E-state index < -0.39 is 71.7 Å². The first-order chi connectivity index (χ1) is 33.0. The van der Waals surface area contributed by atoms with Crippen molar-refractivity contribution in [3.63, 3.8) is 0 Å². The van der Waals surface area contributed by atoms with Crippen molar-refractivity contribution in [2.75, 3.05) is 13.1 Å². The Kier molecular flexibility index (Phi) is 15.4. The molecule has 6 atom stereocenters. The summed E-state index contributed by atoms with van der Waals surface area (Å²) in [6.07, 6.45) is 10.3. The monoisotopic (exact) mass is 925 g/mol. The largest absolute Gasteiger partial charge is 0.370 e. The number of aromatic nitrogens is 2. The number of hydrogen-bond acceptors (Lipinski definition) is 7. The number of guanidine groups is 1. The summed E-state index contributed by atoms with van der Waals surface area (Å²) in [5, 5.41) is 16.6. The van der Waals surface area contributed by atoms with E-state index in [9.17, 15) is 24.0 Å². The molecule has 11 N–H and O–H groups in total. The molecule has 0 bridgehead atoms. The molecular formula is C51H63N11O6. The van der Waals surface area contributed by atoms with Gasteiger partial charge < -0.3 is 52.9 Å². The molecule has 6 amide bonds. The van der Waals surface area contributed by atoms with E-state index in [0.717, 1.165) is 70.6 Å². The highest BCUT2D eigenvalue weighted by Gasteiger charge is 2.41. The molecular weight excluding hydrogens is 863 g/mol. The number of aromatic amines is 2. The van der Waals surface area contributed by atoms with Crippen LogP contribution in [0, 0.1) is 5.92 Å². The zero-order chi connectivity index (χ0) is 47.6. The van der Waals surface area contributed by atoms with Crippen molar-refractivity contribution in [2.24, 2.45) is 22.4 Å². The number of nitrogens with two attached hydrogens (primary N) is 2. The minimum Gasteiger partial charge on any atom is -0.370 e. The van der Waals surface area contributed by atoms with Crippen molar-refractivity contribution in [1.82, 2.24) is 41.5 Å². The number of fused-ring (bicyclic) bond motifs is 3. The van der Waals surface area contributed by atoms with Crippen LogP contribution in [-0.2, 0) is 48.0 Å². The fraction of sp³-hybridized carbons (Fsp3) is 0.431. The van der Waals surface area contributed by atoms with Crippen LogP contribution in [0.3, 0.4) is 0 Å². The van der Waals surface area contributed by atoms with E-state index in [0.29, 0.717) is 19.3 Å². The van der Waals surface area contributed by atoms with Crippen LogP contribution in [0.4, 0.5) is 0 Å².